The topological polar surface area (TPSA) is 30.7 Å². The molecule has 1 aromatic heterocycles. The highest BCUT2D eigenvalue weighted by molar-refractivity contribution is 6.28. The van der Waals surface area contributed by atoms with Gasteiger partial charge < -0.3 is 0 Å². The minimum atomic E-state index is 0.384. The standard InChI is InChI=1S/C10H10ClN3/c1-7-3-8(2)5-9(4-7)14-6-12-13-10(14)11/h3-6H,1-2H3. The third-order valence-corrected chi connectivity index (χ3v) is 2.25. The van der Waals surface area contributed by atoms with Gasteiger partial charge in [-0.25, -0.2) is 0 Å². The van der Waals surface area contributed by atoms with E-state index in [0.29, 0.717) is 5.28 Å². The molecule has 0 bridgehead atoms. The van der Waals surface area contributed by atoms with Gasteiger partial charge in [0.1, 0.15) is 6.33 Å². The molecule has 14 heavy (non-hydrogen) atoms. The summed E-state index contributed by atoms with van der Waals surface area (Å²) in [4.78, 5) is 0. The van der Waals surface area contributed by atoms with Crippen LogP contribution in [0.2, 0.25) is 5.28 Å². The monoisotopic (exact) mass is 207 g/mol. The van der Waals surface area contributed by atoms with Crippen LogP contribution in [0.15, 0.2) is 24.5 Å². The maximum Gasteiger partial charge on any atom is 0.229 e. The quantitative estimate of drug-likeness (QED) is 0.720. The van der Waals surface area contributed by atoms with Crippen molar-refractivity contribution in [3.05, 3.63) is 40.9 Å². The van der Waals surface area contributed by atoms with E-state index in [1.54, 1.807) is 10.9 Å². The number of nitrogens with zero attached hydrogens (tertiary/aromatic N) is 3. The second-order valence-electron chi connectivity index (χ2n) is 3.32. The van der Waals surface area contributed by atoms with E-state index in [0.717, 1.165) is 5.69 Å². The predicted octanol–water partition coefficient (Wildman–Crippen LogP) is 2.54. The Morgan fingerprint density at radius 3 is 2.29 bits per heavy atom. The Bertz CT molecular complexity index is 442. The average Bonchev–Trinajstić information content (AvgIpc) is 2.49. The first kappa shape index (κ1) is 9.21. The highest BCUT2D eigenvalue weighted by Crippen LogP contribution is 2.16. The zero-order valence-electron chi connectivity index (χ0n) is 8.03. The van der Waals surface area contributed by atoms with Crippen molar-refractivity contribution in [2.45, 2.75) is 13.8 Å². The van der Waals surface area contributed by atoms with Gasteiger partial charge in [-0.3, -0.25) is 4.57 Å². The predicted molar refractivity (Wildman–Crippen MR) is 55.8 cm³/mol. The first-order valence-electron chi connectivity index (χ1n) is 4.31. The largest absolute Gasteiger partial charge is 0.272 e. The van der Waals surface area contributed by atoms with Gasteiger partial charge in [0, 0.05) is 0 Å². The molecule has 0 aliphatic heterocycles. The molecule has 2 rings (SSSR count). The highest BCUT2D eigenvalue weighted by Gasteiger charge is 2.03. The molecule has 0 fully saturated rings. The lowest BCUT2D eigenvalue weighted by molar-refractivity contribution is 1.05. The van der Waals surface area contributed by atoms with Crippen molar-refractivity contribution in [2.24, 2.45) is 0 Å². The molecule has 4 heteroatoms. The van der Waals surface area contributed by atoms with Crippen LogP contribution in [-0.2, 0) is 0 Å². The molecule has 0 saturated carbocycles. The molecule has 2 aromatic rings. The van der Waals surface area contributed by atoms with E-state index in [1.807, 2.05) is 12.1 Å². The highest BCUT2D eigenvalue weighted by atomic mass is 35.5. The van der Waals surface area contributed by atoms with Crippen LogP contribution in [0.4, 0.5) is 0 Å². The van der Waals surface area contributed by atoms with E-state index in [1.165, 1.54) is 11.1 Å². The fraction of sp³-hybridized carbons (Fsp3) is 0.200. The zero-order chi connectivity index (χ0) is 10.1. The van der Waals surface area contributed by atoms with E-state index in [4.69, 9.17) is 11.6 Å². The fourth-order valence-electron chi connectivity index (χ4n) is 1.48. The Labute approximate surface area is 87.3 Å². The van der Waals surface area contributed by atoms with E-state index >= 15 is 0 Å². The van der Waals surface area contributed by atoms with Gasteiger partial charge >= 0.3 is 0 Å². The summed E-state index contributed by atoms with van der Waals surface area (Å²) in [6, 6.07) is 6.20. The molecule has 0 spiro atoms. The van der Waals surface area contributed by atoms with E-state index in [2.05, 4.69) is 30.1 Å². The number of rotatable bonds is 1. The van der Waals surface area contributed by atoms with Crippen molar-refractivity contribution in [1.29, 1.82) is 0 Å². The Morgan fingerprint density at radius 2 is 1.79 bits per heavy atom. The van der Waals surface area contributed by atoms with Crippen LogP contribution in [0.3, 0.4) is 0 Å². The van der Waals surface area contributed by atoms with Crippen LogP contribution in [0, 0.1) is 13.8 Å². The number of aryl methyl sites for hydroxylation is 2. The summed E-state index contributed by atoms with van der Waals surface area (Å²) in [7, 11) is 0. The van der Waals surface area contributed by atoms with Crippen molar-refractivity contribution in [3.8, 4) is 5.69 Å². The summed E-state index contributed by atoms with van der Waals surface area (Å²) in [5.41, 5.74) is 3.40. The maximum atomic E-state index is 5.87. The Balaban J connectivity index is 2.57. The van der Waals surface area contributed by atoms with E-state index in [9.17, 15) is 0 Å². The molecule has 0 atom stereocenters. The molecule has 0 N–H and O–H groups in total. The average molecular weight is 208 g/mol. The molecule has 1 aromatic carbocycles. The molecule has 72 valence electrons. The summed E-state index contributed by atoms with van der Waals surface area (Å²) in [6.45, 7) is 4.10. The van der Waals surface area contributed by atoms with Crippen molar-refractivity contribution in [1.82, 2.24) is 14.8 Å². The van der Waals surface area contributed by atoms with Crippen LogP contribution < -0.4 is 0 Å². The third-order valence-electron chi connectivity index (χ3n) is 1.99. The van der Waals surface area contributed by atoms with Gasteiger partial charge in [-0.15, -0.1) is 10.2 Å². The van der Waals surface area contributed by atoms with Gasteiger partial charge in [-0.2, -0.15) is 0 Å². The lowest BCUT2D eigenvalue weighted by Crippen LogP contribution is -1.93. The first-order chi connectivity index (χ1) is 6.66. The summed E-state index contributed by atoms with van der Waals surface area (Å²) >= 11 is 5.87. The number of hydrogen-bond donors (Lipinski definition) is 0. The Morgan fingerprint density at radius 1 is 1.14 bits per heavy atom. The first-order valence-corrected chi connectivity index (χ1v) is 4.69. The molecule has 0 aliphatic carbocycles. The van der Waals surface area contributed by atoms with Crippen LogP contribution in [0.5, 0.6) is 0 Å². The number of aromatic nitrogens is 3. The Hall–Kier alpha value is -1.35. The van der Waals surface area contributed by atoms with Gasteiger partial charge in [0.15, 0.2) is 0 Å². The van der Waals surface area contributed by atoms with Crippen molar-refractivity contribution in [2.75, 3.05) is 0 Å². The van der Waals surface area contributed by atoms with Gasteiger partial charge in [-0.1, -0.05) is 6.07 Å². The third kappa shape index (κ3) is 1.63. The normalized spacial score (nSPS) is 10.5. The van der Waals surface area contributed by atoms with E-state index in [-0.39, 0.29) is 0 Å². The molecule has 0 unspecified atom stereocenters. The Kier molecular flexibility index (Phi) is 2.25. The van der Waals surface area contributed by atoms with Gasteiger partial charge in [-0.05, 0) is 48.7 Å². The molecule has 0 aliphatic rings. The van der Waals surface area contributed by atoms with Crippen LogP contribution in [0.1, 0.15) is 11.1 Å². The number of halogens is 1. The van der Waals surface area contributed by atoms with Crippen molar-refractivity contribution in [3.63, 3.8) is 0 Å². The fourth-order valence-corrected chi connectivity index (χ4v) is 1.67. The molecule has 3 nitrogen and oxygen atoms in total. The summed E-state index contributed by atoms with van der Waals surface area (Å²) in [5.74, 6) is 0. The SMILES string of the molecule is Cc1cc(C)cc(-n2cnnc2Cl)c1. The smallest absolute Gasteiger partial charge is 0.229 e. The van der Waals surface area contributed by atoms with Gasteiger partial charge in [0.2, 0.25) is 5.28 Å². The van der Waals surface area contributed by atoms with E-state index < -0.39 is 0 Å². The van der Waals surface area contributed by atoms with Gasteiger partial charge in [0.25, 0.3) is 0 Å². The zero-order valence-corrected chi connectivity index (χ0v) is 8.78. The molecule has 0 radical (unpaired) electrons. The lowest BCUT2D eigenvalue weighted by atomic mass is 10.1. The summed E-state index contributed by atoms with van der Waals surface area (Å²) in [5, 5.41) is 7.85. The van der Waals surface area contributed by atoms with Crippen molar-refractivity contribution < 1.29 is 0 Å². The minimum Gasteiger partial charge on any atom is -0.272 e. The summed E-state index contributed by atoms with van der Waals surface area (Å²) in [6.07, 6.45) is 1.61. The lowest BCUT2D eigenvalue weighted by Gasteiger charge is -2.05. The van der Waals surface area contributed by atoms with Crippen LogP contribution >= 0.6 is 11.6 Å². The minimum absolute atomic E-state index is 0.384. The number of hydrogen-bond acceptors (Lipinski definition) is 2. The maximum absolute atomic E-state index is 5.87. The molecule has 1 heterocycles. The second-order valence-corrected chi connectivity index (χ2v) is 3.65. The van der Waals surface area contributed by atoms with Gasteiger partial charge in [0.05, 0.1) is 5.69 Å². The molecular formula is C10H10ClN3. The molecular weight excluding hydrogens is 198 g/mol. The summed E-state index contributed by atoms with van der Waals surface area (Å²) < 4.78 is 1.75. The molecule has 0 amide bonds. The van der Waals surface area contributed by atoms with Crippen LogP contribution in [-0.4, -0.2) is 14.8 Å². The second kappa shape index (κ2) is 3.42. The molecule has 0 saturated heterocycles. The van der Waals surface area contributed by atoms with Crippen LogP contribution in [0.25, 0.3) is 5.69 Å². The number of benzene rings is 1. The van der Waals surface area contributed by atoms with Crippen molar-refractivity contribution >= 4 is 11.6 Å².